The van der Waals surface area contributed by atoms with E-state index in [0.29, 0.717) is 28.1 Å². The second kappa shape index (κ2) is 6.81. The lowest BCUT2D eigenvalue weighted by atomic mass is 10.1. The maximum Gasteiger partial charge on any atom is 0.266 e. The highest BCUT2D eigenvalue weighted by Crippen LogP contribution is 2.28. The fraction of sp³-hybridized carbons (Fsp3) is 0. The summed E-state index contributed by atoms with van der Waals surface area (Å²) in [5, 5.41) is 2.81. The molecule has 27 heavy (non-hydrogen) atoms. The molecular formula is C21H13BrN2O3. The van der Waals surface area contributed by atoms with E-state index in [1.165, 1.54) is 0 Å². The number of hydrogen-bond donors (Lipinski definition) is 1. The Balaban J connectivity index is 1.57. The minimum Gasteiger partial charge on any atom is -0.321 e. The number of benzene rings is 3. The lowest BCUT2D eigenvalue weighted by Gasteiger charge is -2.14. The van der Waals surface area contributed by atoms with Gasteiger partial charge in [0.05, 0.1) is 22.5 Å². The molecule has 0 saturated carbocycles. The highest BCUT2D eigenvalue weighted by atomic mass is 79.9. The van der Waals surface area contributed by atoms with Crippen LogP contribution in [0.15, 0.2) is 77.3 Å². The number of hydrogen-bond acceptors (Lipinski definition) is 3. The molecule has 0 saturated heterocycles. The van der Waals surface area contributed by atoms with Crippen LogP contribution in [0.25, 0.3) is 0 Å². The molecule has 132 valence electrons. The van der Waals surface area contributed by atoms with Gasteiger partial charge in [0.1, 0.15) is 0 Å². The molecule has 1 heterocycles. The molecule has 0 unspecified atom stereocenters. The Bertz CT molecular complexity index is 1040. The molecule has 6 heteroatoms. The minimum atomic E-state index is -0.360. The fourth-order valence-corrected chi connectivity index (χ4v) is 3.33. The lowest BCUT2D eigenvalue weighted by molar-refractivity contribution is 0.0925. The van der Waals surface area contributed by atoms with Crippen molar-refractivity contribution in [3.8, 4) is 0 Å². The van der Waals surface area contributed by atoms with E-state index in [9.17, 15) is 14.4 Å². The number of amides is 3. The van der Waals surface area contributed by atoms with Crippen molar-refractivity contribution in [1.82, 2.24) is 0 Å². The van der Waals surface area contributed by atoms with Gasteiger partial charge in [-0.1, -0.05) is 24.3 Å². The summed E-state index contributed by atoms with van der Waals surface area (Å²) in [6.45, 7) is 0. The molecule has 3 aromatic rings. The Morgan fingerprint density at radius 3 is 1.93 bits per heavy atom. The Morgan fingerprint density at radius 1 is 0.778 bits per heavy atom. The zero-order chi connectivity index (χ0) is 19.0. The van der Waals surface area contributed by atoms with Crippen LogP contribution in [0.4, 0.5) is 11.4 Å². The molecule has 0 aromatic heterocycles. The van der Waals surface area contributed by atoms with Crippen LogP contribution in [0.3, 0.4) is 0 Å². The number of carbonyl (C=O) groups is 3. The standard InChI is InChI=1S/C21H13BrN2O3/c22-17-7-3-4-8-18(17)23-19(25)13-9-11-14(12-10-13)24-20(26)15-5-1-2-6-16(15)21(24)27/h1-12H,(H,23,25). The third-order valence-corrected chi connectivity index (χ3v) is 5.00. The molecule has 0 aliphatic carbocycles. The van der Waals surface area contributed by atoms with Crippen LogP contribution in [0.1, 0.15) is 31.1 Å². The normalized spacial score (nSPS) is 12.9. The van der Waals surface area contributed by atoms with Crippen molar-refractivity contribution in [2.75, 3.05) is 10.2 Å². The van der Waals surface area contributed by atoms with Gasteiger partial charge in [-0.25, -0.2) is 4.90 Å². The summed E-state index contributed by atoms with van der Waals surface area (Å²) in [4.78, 5) is 38.6. The quantitative estimate of drug-likeness (QED) is 0.634. The first kappa shape index (κ1) is 17.2. The smallest absolute Gasteiger partial charge is 0.266 e. The molecule has 4 rings (SSSR count). The van der Waals surface area contributed by atoms with Crippen LogP contribution in [-0.4, -0.2) is 17.7 Å². The predicted molar refractivity (Wildman–Crippen MR) is 106 cm³/mol. The summed E-state index contributed by atoms with van der Waals surface area (Å²) in [7, 11) is 0. The van der Waals surface area contributed by atoms with Crippen LogP contribution in [0, 0.1) is 0 Å². The number of halogens is 1. The lowest BCUT2D eigenvalue weighted by Crippen LogP contribution is -2.29. The summed E-state index contributed by atoms with van der Waals surface area (Å²) >= 11 is 3.38. The van der Waals surface area contributed by atoms with Gasteiger partial charge in [0, 0.05) is 10.0 Å². The van der Waals surface area contributed by atoms with Gasteiger partial charge in [-0.15, -0.1) is 0 Å². The van der Waals surface area contributed by atoms with Gasteiger partial charge < -0.3 is 5.32 Å². The Morgan fingerprint density at radius 2 is 1.33 bits per heavy atom. The number of anilines is 2. The first-order chi connectivity index (χ1) is 13.1. The summed E-state index contributed by atoms with van der Waals surface area (Å²) in [5.41, 5.74) is 2.29. The number of carbonyl (C=O) groups excluding carboxylic acids is 3. The molecule has 1 aliphatic heterocycles. The third-order valence-electron chi connectivity index (χ3n) is 4.30. The van der Waals surface area contributed by atoms with Crippen molar-refractivity contribution in [2.24, 2.45) is 0 Å². The molecule has 0 atom stereocenters. The molecule has 0 spiro atoms. The van der Waals surface area contributed by atoms with Crippen molar-refractivity contribution in [1.29, 1.82) is 0 Å². The van der Waals surface area contributed by atoms with E-state index in [1.807, 2.05) is 18.2 Å². The average molecular weight is 421 g/mol. The van der Waals surface area contributed by atoms with Crippen molar-refractivity contribution in [3.05, 3.63) is 94.0 Å². The van der Waals surface area contributed by atoms with Crippen molar-refractivity contribution in [3.63, 3.8) is 0 Å². The van der Waals surface area contributed by atoms with Gasteiger partial charge in [0.25, 0.3) is 17.7 Å². The molecular weight excluding hydrogens is 408 g/mol. The van der Waals surface area contributed by atoms with E-state index in [0.717, 1.165) is 9.37 Å². The summed E-state index contributed by atoms with van der Waals surface area (Å²) in [5.74, 6) is -1.00. The zero-order valence-electron chi connectivity index (χ0n) is 14.0. The molecule has 3 amide bonds. The van der Waals surface area contributed by atoms with Gasteiger partial charge in [0.2, 0.25) is 0 Å². The largest absolute Gasteiger partial charge is 0.321 e. The van der Waals surface area contributed by atoms with Gasteiger partial charge >= 0.3 is 0 Å². The summed E-state index contributed by atoms with van der Waals surface area (Å²) < 4.78 is 0.779. The summed E-state index contributed by atoms with van der Waals surface area (Å²) in [6.07, 6.45) is 0. The molecule has 1 aliphatic rings. The molecule has 0 bridgehead atoms. The second-order valence-corrected chi connectivity index (χ2v) is 6.83. The van der Waals surface area contributed by atoms with Crippen molar-refractivity contribution in [2.45, 2.75) is 0 Å². The van der Waals surface area contributed by atoms with E-state index in [4.69, 9.17) is 0 Å². The molecule has 0 radical (unpaired) electrons. The highest BCUT2D eigenvalue weighted by molar-refractivity contribution is 9.10. The fourth-order valence-electron chi connectivity index (χ4n) is 2.94. The number of para-hydroxylation sites is 1. The average Bonchev–Trinajstić information content (AvgIpc) is 2.95. The van der Waals surface area contributed by atoms with Crippen LogP contribution >= 0.6 is 15.9 Å². The maximum absolute atomic E-state index is 12.5. The SMILES string of the molecule is O=C(Nc1ccccc1Br)c1ccc(N2C(=O)c3ccccc3C2=O)cc1. The van der Waals surface area contributed by atoms with Crippen LogP contribution in [-0.2, 0) is 0 Å². The van der Waals surface area contributed by atoms with E-state index >= 15 is 0 Å². The Labute approximate surface area is 163 Å². The van der Waals surface area contributed by atoms with Crippen molar-refractivity contribution < 1.29 is 14.4 Å². The van der Waals surface area contributed by atoms with Crippen molar-refractivity contribution >= 4 is 45.0 Å². The highest BCUT2D eigenvalue weighted by Gasteiger charge is 2.36. The molecule has 0 fully saturated rings. The number of imide groups is 1. The monoisotopic (exact) mass is 420 g/mol. The van der Waals surface area contributed by atoms with Crippen LogP contribution < -0.4 is 10.2 Å². The zero-order valence-corrected chi connectivity index (χ0v) is 15.6. The van der Waals surface area contributed by atoms with E-state index < -0.39 is 0 Å². The van der Waals surface area contributed by atoms with Gasteiger partial charge in [-0.05, 0) is 64.5 Å². The third kappa shape index (κ3) is 3.04. The van der Waals surface area contributed by atoms with Gasteiger partial charge in [0.15, 0.2) is 0 Å². The molecule has 3 aromatic carbocycles. The number of fused-ring (bicyclic) bond motifs is 1. The van der Waals surface area contributed by atoms with E-state index in [1.54, 1.807) is 54.6 Å². The number of nitrogens with zero attached hydrogens (tertiary/aromatic N) is 1. The van der Waals surface area contributed by atoms with Gasteiger partial charge in [-0.2, -0.15) is 0 Å². The summed E-state index contributed by atoms with van der Waals surface area (Å²) in [6, 6.07) is 20.4. The van der Waals surface area contributed by atoms with Gasteiger partial charge in [-0.3, -0.25) is 14.4 Å². The molecule has 1 N–H and O–H groups in total. The number of nitrogens with one attached hydrogen (secondary N) is 1. The topological polar surface area (TPSA) is 66.5 Å². The van der Waals surface area contributed by atoms with Crippen LogP contribution in [0.2, 0.25) is 0 Å². The first-order valence-corrected chi connectivity index (χ1v) is 8.99. The Hall–Kier alpha value is -3.25. The Kier molecular flexibility index (Phi) is 4.33. The van der Waals surface area contributed by atoms with Crippen LogP contribution in [0.5, 0.6) is 0 Å². The van der Waals surface area contributed by atoms with E-state index in [2.05, 4.69) is 21.2 Å². The minimum absolute atomic E-state index is 0.282. The maximum atomic E-state index is 12.5. The number of rotatable bonds is 3. The first-order valence-electron chi connectivity index (χ1n) is 8.20. The second-order valence-electron chi connectivity index (χ2n) is 5.97. The molecule has 5 nitrogen and oxygen atoms in total. The van der Waals surface area contributed by atoms with E-state index in [-0.39, 0.29) is 17.7 Å². The predicted octanol–water partition coefficient (Wildman–Crippen LogP) is 4.50.